The number of ketones is 1. The van der Waals surface area contributed by atoms with Crippen LogP contribution in [-0.4, -0.2) is 5.78 Å². The van der Waals surface area contributed by atoms with Crippen LogP contribution in [0.2, 0.25) is 0 Å². The molecule has 0 bridgehead atoms. The average molecular weight is 194 g/mol. The molecule has 0 N–H and O–H groups in total. The molecule has 2 aliphatic carbocycles. The normalized spacial score (nSPS) is 34.2. The molecule has 2 fully saturated rings. The molecular formula is C13H22O. The van der Waals surface area contributed by atoms with Gasteiger partial charge < -0.3 is 0 Å². The molecule has 2 unspecified atom stereocenters. The average Bonchev–Trinajstić information content (AvgIpc) is 2.67. The van der Waals surface area contributed by atoms with Crippen LogP contribution < -0.4 is 0 Å². The highest BCUT2D eigenvalue weighted by Crippen LogP contribution is 2.58. The number of unbranched alkanes of at least 4 members (excludes halogenated alkanes) is 3. The molecule has 0 amide bonds. The molecule has 1 heteroatoms. The number of hydrogen-bond acceptors (Lipinski definition) is 1. The van der Waals surface area contributed by atoms with Gasteiger partial charge in [-0.05, 0) is 31.1 Å². The zero-order valence-electron chi connectivity index (χ0n) is 9.30. The molecule has 80 valence electrons. The number of hydrogen-bond donors (Lipinski definition) is 0. The van der Waals surface area contributed by atoms with Gasteiger partial charge in [-0.3, -0.25) is 4.79 Å². The van der Waals surface area contributed by atoms with Crippen molar-refractivity contribution in [1.29, 1.82) is 0 Å². The van der Waals surface area contributed by atoms with Gasteiger partial charge in [0.25, 0.3) is 0 Å². The molecule has 2 aliphatic rings. The van der Waals surface area contributed by atoms with Crippen molar-refractivity contribution in [3.05, 3.63) is 0 Å². The Morgan fingerprint density at radius 1 is 1.14 bits per heavy atom. The number of rotatable bonds is 6. The minimum atomic E-state index is 0.519. The Kier molecular flexibility index (Phi) is 3.25. The van der Waals surface area contributed by atoms with Gasteiger partial charge in [0, 0.05) is 12.3 Å². The molecule has 2 saturated carbocycles. The van der Waals surface area contributed by atoms with Gasteiger partial charge in [0.2, 0.25) is 0 Å². The smallest absolute Gasteiger partial charge is 0.136 e. The number of carbonyl (C=O) groups is 1. The molecule has 0 aromatic heterocycles. The highest BCUT2D eigenvalue weighted by Gasteiger charge is 2.55. The molecule has 2 atom stereocenters. The monoisotopic (exact) mass is 194 g/mol. The zero-order chi connectivity index (χ0) is 9.97. The summed E-state index contributed by atoms with van der Waals surface area (Å²) in [5.41, 5.74) is 0. The van der Waals surface area contributed by atoms with Crippen molar-refractivity contribution in [2.75, 3.05) is 0 Å². The second-order valence-electron chi connectivity index (χ2n) is 5.06. The Balaban J connectivity index is 1.61. The number of carbonyl (C=O) groups excluding carboxylic acids is 1. The van der Waals surface area contributed by atoms with Gasteiger partial charge in [0.15, 0.2) is 0 Å². The van der Waals surface area contributed by atoms with Crippen molar-refractivity contribution in [2.45, 2.75) is 58.3 Å². The SMILES string of the molecule is CCCCCCC(=O)C1C2CCCC21. The first-order valence-corrected chi connectivity index (χ1v) is 6.37. The van der Waals surface area contributed by atoms with Crippen molar-refractivity contribution in [2.24, 2.45) is 17.8 Å². The number of fused-ring (bicyclic) bond motifs is 1. The summed E-state index contributed by atoms with van der Waals surface area (Å²) < 4.78 is 0. The molecule has 0 heterocycles. The quantitative estimate of drug-likeness (QED) is 0.591. The van der Waals surface area contributed by atoms with E-state index < -0.39 is 0 Å². The Hall–Kier alpha value is -0.330. The van der Waals surface area contributed by atoms with Gasteiger partial charge in [-0.2, -0.15) is 0 Å². The number of Topliss-reactive ketones (excluding diaryl/α,β-unsaturated/α-hetero) is 1. The summed E-state index contributed by atoms with van der Waals surface area (Å²) in [5, 5.41) is 0. The molecule has 0 aromatic carbocycles. The molecule has 0 radical (unpaired) electrons. The van der Waals surface area contributed by atoms with E-state index in [0.717, 1.165) is 24.7 Å². The van der Waals surface area contributed by atoms with Crippen molar-refractivity contribution < 1.29 is 4.79 Å². The lowest BCUT2D eigenvalue weighted by molar-refractivity contribution is -0.121. The molecule has 2 rings (SSSR count). The van der Waals surface area contributed by atoms with Crippen molar-refractivity contribution in [3.8, 4) is 0 Å². The van der Waals surface area contributed by atoms with Crippen LogP contribution >= 0.6 is 0 Å². The lowest BCUT2D eigenvalue weighted by Gasteiger charge is -2.02. The zero-order valence-corrected chi connectivity index (χ0v) is 9.30. The standard InChI is InChI=1S/C13H22O/c1-2-3-4-5-9-12(14)13-10-7-6-8-11(10)13/h10-11,13H,2-9H2,1H3. The molecule has 0 spiro atoms. The first kappa shape index (κ1) is 10.2. The van der Waals surface area contributed by atoms with Crippen LogP contribution in [0.1, 0.15) is 58.3 Å². The molecule has 1 nitrogen and oxygen atoms in total. The van der Waals surface area contributed by atoms with Crippen LogP contribution in [0.15, 0.2) is 0 Å². The Morgan fingerprint density at radius 2 is 1.86 bits per heavy atom. The lowest BCUT2D eigenvalue weighted by atomic mass is 10.0. The van der Waals surface area contributed by atoms with E-state index in [1.807, 2.05) is 0 Å². The summed E-state index contributed by atoms with van der Waals surface area (Å²) in [6, 6.07) is 0. The Labute approximate surface area is 87.3 Å². The molecule has 14 heavy (non-hydrogen) atoms. The lowest BCUT2D eigenvalue weighted by Crippen LogP contribution is -2.05. The maximum atomic E-state index is 11.8. The molecule has 0 aromatic rings. The van der Waals surface area contributed by atoms with Crippen LogP contribution in [0.3, 0.4) is 0 Å². The summed E-state index contributed by atoms with van der Waals surface area (Å²) in [4.78, 5) is 11.8. The van der Waals surface area contributed by atoms with Crippen LogP contribution in [0.25, 0.3) is 0 Å². The minimum Gasteiger partial charge on any atom is -0.299 e. The van der Waals surface area contributed by atoms with Crippen LogP contribution in [0, 0.1) is 17.8 Å². The van der Waals surface area contributed by atoms with Crippen LogP contribution in [0.4, 0.5) is 0 Å². The minimum absolute atomic E-state index is 0.519. The summed E-state index contributed by atoms with van der Waals surface area (Å²) in [6.07, 6.45) is 9.90. The van der Waals surface area contributed by atoms with Gasteiger partial charge in [0.1, 0.15) is 5.78 Å². The van der Waals surface area contributed by atoms with Gasteiger partial charge >= 0.3 is 0 Å². The fourth-order valence-electron chi connectivity index (χ4n) is 3.19. The van der Waals surface area contributed by atoms with E-state index in [9.17, 15) is 4.79 Å². The Morgan fingerprint density at radius 3 is 2.50 bits per heavy atom. The fourth-order valence-corrected chi connectivity index (χ4v) is 3.19. The largest absolute Gasteiger partial charge is 0.299 e. The Bertz CT molecular complexity index is 199. The van der Waals surface area contributed by atoms with E-state index in [4.69, 9.17) is 0 Å². The van der Waals surface area contributed by atoms with Crippen LogP contribution in [0.5, 0.6) is 0 Å². The second-order valence-corrected chi connectivity index (χ2v) is 5.06. The maximum Gasteiger partial charge on any atom is 0.136 e. The van der Waals surface area contributed by atoms with Crippen LogP contribution in [-0.2, 0) is 4.79 Å². The van der Waals surface area contributed by atoms with Gasteiger partial charge in [-0.25, -0.2) is 0 Å². The summed E-state index contributed by atoms with van der Waals surface area (Å²) in [7, 11) is 0. The van der Waals surface area contributed by atoms with Gasteiger partial charge in [0.05, 0.1) is 0 Å². The summed E-state index contributed by atoms with van der Waals surface area (Å²) >= 11 is 0. The van der Waals surface area contributed by atoms with E-state index >= 15 is 0 Å². The summed E-state index contributed by atoms with van der Waals surface area (Å²) in [6.45, 7) is 2.22. The van der Waals surface area contributed by atoms with Crippen molar-refractivity contribution in [3.63, 3.8) is 0 Å². The van der Waals surface area contributed by atoms with E-state index in [-0.39, 0.29) is 0 Å². The van der Waals surface area contributed by atoms with E-state index in [0.29, 0.717) is 11.7 Å². The fraction of sp³-hybridized carbons (Fsp3) is 0.923. The molecule has 0 aliphatic heterocycles. The highest BCUT2D eigenvalue weighted by molar-refractivity contribution is 5.84. The topological polar surface area (TPSA) is 17.1 Å². The van der Waals surface area contributed by atoms with E-state index in [2.05, 4.69) is 6.92 Å². The first-order valence-electron chi connectivity index (χ1n) is 6.37. The highest BCUT2D eigenvalue weighted by atomic mass is 16.1. The summed E-state index contributed by atoms with van der Waals surface area (Å²) in [5.74, 6) is 2.77. The first-order chi connectivity index (χ1) is 6.84. The van der Waals surface area contributed by atoms with Crippen molar-refractivity contribution >= 4 is 5.78 Å². The third-order valence-electron chi connectivity index (χ3n) is 4.06. The van der Waals surface area contributed by atoms with Gasteiger partial charge in [-0.15, -0.1) is 0 Å². The predicted octanol–water partition coefficient (Wildman–Crippen LogP) is 3.57. The molecular weight excluding hydrogens is 172 g/mol. The van der Waals surface area contributed by atoms with E-state index in [1.165, 1.54) is 38.5 Å². The van der Waals surface area contributed by atoms with E-state index in [1.54, 1.807) is 0 Å². The van der Waals surface area contributed by atoms with Gasteiger partial charge in [-0.1, -0.05) is 32.6 Å². The van der Waals surface area contributed by atoms with Crippen molar-refractivity contribution in [1.82, 2.24) is 0 Å². The second kappa shape index (κ2) is 4.46. The third kappa shape index (κ3) is 2.02. The molecule has 0 saturated heterocycles. The third-order valence-corrected chi connectivity index (χ3v) is 4.06. The maximum absolute atomic E-state index is 11.8. The predicted molar refractivity (Wildman–Crippen MR) is 58.1 cm³/mol.